The first kappa shape index (κ1) is 14.8. The van der Waals surface area contributed by atoms with E-state index in [1.165, 1.54) is 59.0 Å². The van der Waals surface area contributed by atoms with Crippen LogP contribution in [0.15, 0.2) is 36.4 Å². The molecule has 1 nitrogen and oxygen atoms in total. The highest BCUT2D eigenvalue weighted by molar-refractivity contribution is 6.34. The van der Waals surface area contributed by atoms with E-state index in [0.717, 1.165) is 10.6 Å². The molecule has 0 bridgehead atoms. The maximum atomic E-state index is 6.60. The van der Waals surface area contributed by atoms with Gasteiger partial charge < -0.3 is 4.98 Å². The van der Waals surface area contributed by atoms with Crippen LogP contribution in [0, 0.1) is 0 Å². The van der Waals surface area contributed by atoms with Crippen LogP contribution in [0.25, 0.3) is 22.0 Å². The summed E-state index contributed by atoms with van der Waals surface area (Å²) in [6, 6.07) is 13.4. The predicted octanol–water partition coefficient (Wildman–Crippen LogP) is 6.49. The average Bonchev–Trinajstić information content (AvgIpc) is 2.97. The lowest BCUT2D eigenvalue weighted by atomic mass is 9.89. The van der Waals surface area contributed by atoms with Crippen molar-refractivity contribution in [3.63, 3.8) is 0 Å². The summed E-state index contributed by atoms with van der Waals surface area (Å²) in [5.41, 5.74) is 7.81. The number of halogens is 1. The van der Waals surface area contributed by atoms with E-state index in [2.05, 4.69) is 55.2 Å². The van der Waals surface area contributed by atoms with E-state index in [1.807, 2.05) is 0 Å². The number of H-pyrrole nitrogens is 1. The summed E-state index contributed by atoms with van der Waals surface area (Å²) in [6.45, 7) is 4.41. The van der Waals surface area contributed by atoms with Crippen molar-refractivity contribution in [2.24, 2.45) is 0 Å². The number of aromatic amines is 1. The first-order chi connectivity index (χ1) is 11.1. The lowest BCUT2D eigenvalue weighted by molar-refractivity contribution is 0.686. The van der Waals surface area contributed by atoms with Crippen molar-refractivity contribution < 1.29 is 0 Å². The standard InChI is InChI=1S/C21H22ClN/c1-13(2)20-11-17-10-19(22)18(12-21(17)23-20)16-8-7-14-5-3-4-6-15(14)9-16/h7-13,23H,3-6H2,1-2H3. The Bertz CT molecular complexity index is 873. The van der Waals surface area contributed by atoms with Gasteiger partial charge in [-0.1, -0.05) is 43.6 Å². The van der Waals surface area contributed by atoms with Crippen LogP contribution >= 0.6 is 11.6 Å². The van der Waals surface area contributed by atoms with Crippen molar-refractivity contribution >= 4 is 22.5 Å². The summed E-state index contributed by atoms with van der Waals surface area (Å²) in [7, 11) is 0. The van der Waals surface area contributed by atoms with E-state index in [9.17, 15) is 0 Å². The molecule has 1 N–H and O–H groups in total. The number of benzene rings is 2. The van der Waals surface area contributed by atoms with Crippen LogP contribution in [0.3, 0.4) is 0 Å². The molecule has 1 aromatic heterocycles. The normalized spacial score (nSPS) is 14.4. The Morgan fingerprint density at radius 2 is 1.74 bits per heavy atom. The lowest BCUT2D eigenvalue weighted by Gasteiger charge is -2.17. The number of aryl methyl sites for hydroxylation is 2. The van der Waals surface area contributed by atoms with Crippen molar-refractivity contribution in [1.82, 2.24) is 4.98 Å². The van der Waals surface area contributed by atoms with Crippen molar-refractivity contribution in [3.05, 3.63) is 58.2 Å². The third-order valence-electron chi connectivity index (χ3n) is 5.01. The van der Waals surface area contributed by atoms with E-state index in [4.69, 9.17) is 11.6 Å². The maximum Gasteiger partial charge on any atom is 0.0491 e. The van der Waals surface area contributed by atoms with Gasteiger partial charge in [0.15, 0.2) is 0 Å². The van der Waals surface area contributed by atoms with Crippen molar-refractivity contribution in [3.8, 4) is 11.1 Å². The van der Waals surface area contributed by atoms with E-state index in [1.54, 1.807) is 0 Å². The maximum absolute atomic E-state index is 6.60. The summed E-state index contributed by atoms with van der Waals surface area (Å²) in [5.74, 6) is 0.494. The summed E-state index contributed by atoms with van der Waals surface area (Å²) in [5, 5.41) is 2.03. The minimum atomic E-state index is 0.494. The fraction of sp³-hybridized carbons (Fsp3) is 0.333. The second-order valence-electron chi connectivity index (χ2n) is 6.99. The number of hydrogen-bond acceptors (Lipinski definition) is 0. The molecule has 3 aromatic rings. The number of rotatable bonds is 2. The largest absolute Gasteiger partial charge is 0.358 e. The molecule has 23 heavy (non-hydrogen) atoms. The first-order valence-electron chi connectivity index (χ1n) is 8.56. The molecule has 1 aliphatic rings. The first-order valence-corrected chi connectivity index (χ1v) is 8.94. The average molecular weight is 324 g/mol. The molecule has 4 rings (SSSR count). The number of fused-ring (bicyclic) bond motifs is 2. The molecule has 0 fully saturated rings. The second-order valence-corrected chi connectivity index (χ2v) is 7.40. The minimum absolute atomic E-state index is 0.494. The van der Waals surface area contributed by atoms with Gasteiger partial charge >= 0.3 is 0 Å². The van der Waals surface area contributed by atoms with Crippen molar-refractivity contribution in [2.75, 3.05) is 0 Å². The van der Waals surface area contributed by atoms with E-state index >= 15 is 0 Å². The molecular weight excluding hydrogens is 302 g/mol. The summed E-state index contributed by atoms with van der Waals surface area (Å²) >= 11 is 6.60. The van der Waals surface area contributed by atoms with Crippen LogP contribution in [-0.4, -0.2) is 4.98 Å². The monoisotopic (exact) mass is 323 g/mol. The summed E-state index contributed by atoms with van der Waals surface area (Å²) in [4.78, 5) is 3.54. The topological polar surface area (TPSA) is 15.8 Å². The Balaban J connectivity index is 1.83. The van der Waals surface area contributed by atoms with Gasteiger partial charge in [0, 0.05) is 27.2 Å². The summed E-state index contributed by atoms with van der Waals surface area (Å²) < 4.78 is 0. The number of aromatic nitrogens is 1. The second kappa shape index (κ2) is 5.72. The molecule has 2 heteroatoms. The Morgan fingerprint density at radius 1 is 0.957 bits per heavy atom. The number of nitrogens with one attached hydrogen (secondary N) is 1. The zero-order valence-corrected chi connectivity index (χ0v) is 14.5. The smallest absolute Gasteiger partial charge is 0.0491 e. The van der Waals surface area contributed by atoms with Crippen LogP contribution in [0.4, 0.5) is 0 Å². The Morgan fingerprint density at radius 3 is 2.52 bits per heavy atom. The van der Waals surface area contributed by atoms with Crippen LogP contribution in [0.1, 0.15) is 49.4 Å². The SMILES string of the molecule is CC(C)c1cc2cc(Cl)c(-c3ccc4c(c3)CCCC4)cc2[nH]1. The highest BCUT2D eigenvalue weighted by Gasteiger charge is 2.13. The Kier molecular flexibility index (Phi) is 3.69. The van der Waals surface area contributed by atoms with Gasteiger partial charge in [-0.25, -0.2) is 0 Å². The van der Waals surface area contributed by atoms with Gasteiger partial charge in [0.25, 0.3) is 0 Å². The summed E-state index contributed by atoms with van der Waals surface area (Å²) in [6.07, 6.45) is 5.04. The third-order valence-corrected chi connectivity index (χ3v) is 5.32. The number of hydrogen-bond donors (Lipinski definition) is 1. The molecule has 0 atom stereocenters. The van der Waals surface area contributed by atoms with Gasteiger partial charge in [-0.2, -0.15) is 0 Å². The van der Waals surface area contributed by atoms with Gasteiger partial charge in [-0.15, -0.1) is 0 Å². The zero-order valence-electron chi connectivity index (χ0n) is 13.7. The fourth-order valence-electron chi connectivity index (χ4n) is 3.61. The van der Waals surface area contributed by atoms with Crippen molar-refractivity contribution in [1.29, 1.82) is 0 Å². The van der Waals surface area contributed by atoms with Crippen LogP contribution in [0.5, 0.6) is 0 Å². The highest BCUT2D eigenvalue weighted by Crippen LogP contribution is 2.35. The van der Waals surface area contributed by atoms with Gasteiger partial charge in [0.2, 0.25) is 0 Å². The molecule has 0 amide bonds. The molecule has 1 heterocycles. The molecule has 0 spiro atoms. The van der Waals surface area contributed by atoms with Crippen molar-refractivity contribution in [2.45, 2.75) is 45.4 Å². The molecule has 1 aliphatic carbocycles. The minimum Gasteiger partial charge on any atom is -0.358 e. The molecule has 118 valence electrons. The van der Waals surface area contributed by atoms with Gasteiger partial charge in [0.05, 0.1) is 0 Å². The molecule has 0 radical (unpaired) electrons. The van der Waals surface area contributed by atoms with Gasteiger partial charge in [-0.05, 0) is 66.5 Å². The molecule has 0 aliphatic heterocycles. The predicted molar refractivity (Wildman–Crippen MR) is 99.5 cm³/mol. The molecule has 0 unspecified atom stereocenters. The van der Waals surface area contributed by atoms with E-state index < -0.39 is 0 Å². The molecule has 0 saturated carbocycles. The van der Waals surface area contributed by atoms with Gasteiger partial charge in [0.1, 0.15) is 0 Å². The fourth-order valence-corrected chi connectivity index (χ4v) is 3.89. The van der Waals surface area contributed by atoms with E-state index in [-0.39, 0.29) is 0 Å². The third kappa shape index (κ3) is 2.68. The van der Waals surface area contributed by atoms with Gasteiger partial charge in [-0.3, -0.25) is 0 Å². The highest BCUT2D eigenvalue weighted by atomic mass is 35.5. The van der Waals surface area contributed by atoms with Crippen LogP contribution in [0.2, 0.25) is 5.02 Å². The Hall–Kier alpha value is -1.73. The molecular formula is C21H22ClN. The van der Waals surface area contributed by atoms with Crippen LogP contribution < -0.4 is 0 Å². The van der Waals surface area contributed by atoms with Crippen LogP contribution in [-0.2, 0) is 12.8 Å². The quantitative estimate of drug-likeness (QED) is 0.554. The zero-order chi connectivity index (χ0) is 16.0. The van der Waals surface area contributed by atoms with E-state index in [0.29, 0.717) is 5.92 Å². The Labute approximate surface area is 142 Å². The molecule has 0 saturated heterocycles. The lowest BCUT2D eigenvalue weighted by Crippen LogP contribution is -2.02. The molecule has 2 aromatic carbocycles.